The van der Waals surface area contributed by atoms with Crippen LogP contribution in [0, 0.1) is 0 Å². The van der Waals surface area contributed by atoms with Gasteiger partial charge in [0.05, 0.1) is 0 Å². The Kier molecular flexibility index (Phi) is 7.12. The van der Waals surface area contributed by atoms with Crippen LogP contribution in [0.25, 0.3) is 0 Å². The zero-order chi connectivity index (χ0) is 20.4. The minimum Gasteiger partial charge on any atom is -0.0622 e. The van der Waals surface area contributed by atoms with Gasteiger partial charge in [-0.1, -0.05) is 109 Å². The first-order chi connectivity index (χ1) is 14.8. The zero-order valence-electron chi connectivity index (χ0n) is 17.6. The molecule has 4 aromatic carbocycles. The van der Waals surface area contributed by atoms with E-state index in [-0.39, 0.29) is 0 Å². The van der Waals surface area contributed by atoms with Crippen molar-refractivity contribution in [3.05, 3.63) is 143 Å². The summed E-state index contributed by atoms with van der Waals surface area (Å²) in [5.74, 6) is 0. The van der Waals surface area contributed by atoms with Crippen LogP contribution in [0.15, 0.2) is 109 Å². The van der Waals surface area contributed by atoms with Gasteiger partial charge in [0, 0.05) is 0 Å². The summed E-state index contributed by atoms with van der Waals surface area (Å²) < 4.78 is 0. The van der Waals surface area contributed by atoms with E-state index in [1.807, 2.05) is 0 Å². The van der Waals surface area contributed by atoms with Crippen molar-refractivity contribution < 1.29 is 0 Å². The Bertz CT molecular complexity index is 910. The second kappa shape index (κ2) is 10.6. The highest BCUT2D eigenvalue weighted by atomic mass is 14.1. The molecule has 0 N–H and O–H groups in total. The second-order valence-corrected chi connectivity index (χ2v) is 8.10. The average molecular weight is 391 g/mol. The van der Waals surface area contributed by atoms with E-state index in [1.165, 1.54) is 33.4 Å². The fraction of sp³-hybridized carbons (Fsp3) is 0.200. The van der Waals surface area contributed by atoms with Crippen LogP contribution in [0.5, 0.6) is 0 Å². The lowest BCUT2D eigenvalue weighted by Gasteiger charge is -2.07. The predicted octanol–water partition coefficient (Wildman–Crippen LogP) is 7.04. The van der Waals surface area contributed by atoms with Crippen molar-refractivity contribution in [1.29, 1.82) is 0 Å². The molecular weight excluding hydrogens is 360 g/mol. The maximum absolute atomic E-state index is 2.30. The van der Waals surface area contributed by atoms with Gasteiger partial charge in [0.2, 0.25) is 0 Å². The number of hydrogen-bond donors (Lipinski definition) is 0. The molecule has 4 rings (SSSR count). The molecule has 0 aliphatic carbocycles. The summed E-state index contributed by atoms with van der Waals surface area (Å²) in [5.41, 5.74) is 8.51. The van der Waals surface area contributed by atoms with E-state index in [0.717, 1.165) is 38.5 Å². The summed E-state index contributed by atoms with van der Waals surface area (Å²) in [6.45, 7) is 0. The number of rotatable bonds is 9. The Hall–Kier alpha value is -3.12. The van der Waals surface area contributed by atoms with Crippen LogP contribution in [0.2, 0.25) is 0 Å². The third kappa shape index (κ3) is 6.19. The third-order valence-electron chi connectivity index (χ3n) is 5.84. The summed E-state index contributed by atoms with van der Waals surface area (Å²) in [6, 6.07) is 39.9. The molecule has 0 unspecified atom stereocenters. The van der Waals surface area contributed by atoms with Gasteiger partial charge >= 0.3 is 0 Å². The van der Waals surface area contributed by atoms with Gasteiger partial charge in [-0.05, 0) is 71.9 Å². The van der Waals surface area contributed by atoms with Crippen molar-refractivity contribution in [3.63, 3.8) is 0 Å². The van der Waals surface area contributed by atoms with Gasteiger partial charge in [-0.15, -0.1) is 0 Å². The van der Waals surface area contributed by atoms with E-state index in [9.17, 15) is 0 Å². The van der Waals surface area contributed by atoms with Gasteiger partial charge in [-0.25, -0.2) is 0 Å². The first kappa shape index (κ1) is 20.2. The van der Waals surface area contributed by atoms with Crippen LogP contribution in [-0.4, -0.2) is 0 Å². The van der Waals surface area contributed by atoms with Crippen molar-refractivity contribution in [1.82, 2.24) is 0 Å². The molecule has 0 radical (unpaired) electrons. The minimum absolute atomic E-state index is 1.10. The monoisotopic (exact) mass is 390 g/mol. The Labute approximate surface area is 181 Å². The topological polar surface area (TPSA) is 0 Å². The third-order valence-corrected chi connectivity index (χ3v) is 5.84. The van der Waals surface area contributed by atoms with Crippen LogP contribution >= 0.6 is 0 Å². The molecule has 0 aliphatic rings. The molecule has 0 atom stereocenters. The van der Waals surface area contributed by atoms with E-state index < -0.39 is 0 Å². The molecule has 0 nitrogen and oxygen atoms in total. The summed E-state index contributed by atoms with van der Waals surface area (Å²) >= 11 is 0. The van der Waals surface area contributed by atoms with E-state index in [1.54, 1.807) is 0 Å². The molecule has 0 saturated heterocycles. The first-order valence-electron chi connectivity index (χ1n) is 11.1. The van der Waals surface area contributed by atoms with Gasteiger partial charge in [0.15, 0.2) is 0 Å². The summed E-state index contributed by atoms with van der Waals surface area (Å²) in [6.07, 6.45) is 6.63. The molecular formula is C30H30. The van der Waals surface area contributed by atoms with Crippen LogP contribution in [0.4, 0.5) is 0 Å². The number of benzene rings is 4. The smallest absolute Gasteiger partial charge is 0.0238 e. The molecule has 4 aromatic rings. The number of aryl methyl sites for hydroxylation is 6. The van der Waals surface area contributed by atoms with Crippen molar-refractivity contribution in [3.8, 4) is 0 Å². The summed E-state index contributed by atoms with van der Waals surface area (Å²) in [4.78, 5) is 0. The van der Waals surface area contributed by atoms with Crippen LogP contribution < -0.4 is 0 Å². The molecule has 0 heteroatoms. The SMILES string of the molecule is c1ccc(CCc2ccc(CCc3ccc(CCc4ccccc4)cc3)cc2)cc1. The lowest BCUT2D eigenvalue weighted by Crippen LogP contribution is -1.95. The van der Waals surface area contributed by atoms with Crippen molar-refractivity contribution in [2.24, 2.45) is 0 Å². The van der Waals surface area contributed by atoms with Crippen LogP contribution in [0.1, 0.15) is 33.4 Å². The molecule has 0 saturated carbocycles. The highest BCUT2D eigenvalue weighted by molar-refractivity contribution is 5.28. The molecule has 0 bridgehead atoms. The lowest BCUT2D eigenvalue weighted by molar-refractivity contribution is 0.932. The highest BCUT2D eigenvalue weighted by Crippen LogP contribution is 2.14. The summed E-state index contributed by atoms with van der Waals surface area (Å²) in [7, 11) is 0. The predicted molar refractivity (Wildman–Crippen MR) is 128 cm³/mol. The molecule has 0 amide bonds. The largest absolute Gasteiger partial charge is 0.0622 e. The molecule has 0 aromatic heterocycles. The second-order valence-electron chi connectivity index (χ2n) is 8.10. The van der Waals surface area contributed by atoms with Crippen LogP contribution in [-0.2, 0) is 38.5 Å². The fourth-order valence-electron chi connectivity index (χ4n) is 3.90. The Morgan fingerprint density at radius 3 is 0.667 bits per heavy atom. The van der Waals surface area contributed by atoms with Crippen LogP contribution in [0.3, 0.4) is 0 Å². The molecule has 0 aliphatic heterocycles. The van der Waals surface area contributed by atoms with Gasteiger partial charge in [-0.2, -0.15) is 0 Å². The van der Waals surface area contributed by atoms with Crippen molar-refractivity contribution in [2.75, 3.05) is 0 Å². The van der Waals surface area contributed by atoms with E-state index in [0.29, 0.717) is 0 Å². The Morgan fingerprint density at radius 1 is 0.233 bits per heavy atom. The Balaban J connectivity index is 1.23. The highest BCUT2D eigenvalue weighted by Gasteiger charge is 2.00. The van der Waals surface area contributed by atoms with Crippen molar-refractivity contribution in [2.45, 2.75) is 38.5 Å². The van der Waals surface area contributed by atoms with Gasteiger partial charge < -0.3 is 0 Å². The summed E-state index contributed by atoms with van der Waals surface area (Å²) in [5, 5.41) is 0. The van der Waals surface area contributed by atoms with E-state index >= 15 is 0 Å². The maximum Gasteiger partial charge on any atom is -0.0238 e. The number of hydrogen-bond acceptors (Lipinski definition) is 0. The quantitative estimate of drug-likeness (QED) is 0.287. The average Bonchev–Trinajstić information content (AvgIpc) is 2.83. The molecule has 0 spiro atoms. The molecule has 30 heavy (non-hydrogen) atoms. The van der Waals surface area contributed by atoms with Crippen molar-refractivity contribution >= 4 is 0 Å². The van der Waals surface area contributed by atoms with E-state index in [2.05, 4.69) is 109 Å². The molecule has 0 heterocycles. The zero-order valence-corrected chi connectivity index (χ0v) is 17.6. The first-order valence-corrected chi connectivity index (χ1v) is 11.1. The normalized spacial score (nSPS) is 10.8. The molecule has 0 fully saturated rings. The van der Waals surface area contributed by atoms with Gasteiger partial charge in [0.1, 0.15) is 0 Å². The van der Waals surface area contributed by atoms with E-state index in [4.69, 9.17) is 0 Å². The lowest BCUT2D eigenvalue weighted by atomic mass is 9.99. The molecule has 150 valence electrons. The van der Waals surface area contributed by atoms with Gasteiger partial charge in [0.25, 0.3) is 0 Å². The minimum atomic E-state index is 1.10. The fourth-order valence-corrected chi connectivity index (χ4v) is 3.90. The maximum atomic E-state index is 2.30. The standard InChI is InChI=1S/C30H30/c1-3-7-25(8-4-1)11-13-27-15-19-29(20-16-27)23-24-30-21-17-28(18-22-30)14-12-26-9-5-2-6-10-26/h1-10,15-22H,11-14,23-24H2. The van der Waals surface area contributed by atoms with Gasteiger partial charge in [-0.3, -0.25) is 0 Å². The Morgan fingerprint density at radius 2 is 0.433 bits per heavy atom.